The first-order chi connectivity index (χ1) is 5.66. The zero-order valence-electron chi connectivity index (χ0n) is 7.47. The fourth-order valence-electron chi connectivity index (χ4n) is 1.14. The van der Waals surface area contributed by atoms with Crippen LogP contribution in [0.2, 0.25) is 0 Å². The zero-order chi connectivity index (χ0) is 9.14. The third kappa shape index (κ3) is 1.57. The summed E-state index contributed by atoms with van der Waals surface area (Å²) < 4.78 is 13.6. The number of aromatic nitrogens is 2. The van der Waals surface area contributed by atoms with Crippen LogP contribution in [0.5, 0.6) is 0 Å². The molecule has 4 heteroatoms. The summed E-state index contributed by atoms with van der Waals surface area (Å²) in [6.07, 6.45) is 0.501. The molecule has 0 amide bonds. The van der Waals surface area contributed by atoms with Gasteiger partial charge in [0.1, 0.15) is 0 Å². The Hall–Kier alpha value is -1.06. The predicted molar refractivity (Wildman–Crippen MR) is 46.7 cm³/mol. The molecule has 0 aliphatic heterocycles. The first-order valence-electron chi connectivity index (χ1n) is 4.02. The van der Waals surface area contributed by atoms with Gasteiger partial charge in [0.15, 0.2) is 0 Å². The lowest BCUT2D eigenvalue weighted by Crippen LogP contribution is -2.03. The molecule has 1 rings (SSSR count). The van der Waals surface area contributed by atoms with E-state index in [0.29, 0.717) is 18.7 Å². The van der Waals surface area contributed by atoms with Gasteiger partial charge < -0.3 is 5.73 Å². The standard InChI is InChI=1S/C8H14FN3/c1-6-8(10)7(2)12(11-6)5-3-4-9/h3-5,10H2,1-2H3. The number of anilines is 1. The highest BCUT2D eigenvalue weighted by molar-refractivity contribution is 5.46. The van der Waals surface area contributed by atoms with E-state index in [1.165, 1.54) is 0 Å². The van der Waals surface area contributed by atoms with Crippen molar-refractivity contribution in [3.05, 3.63) is 11.4 Å². The van der Waals surface area contributed by atoms with Gasteiger partial charge >= 0.3 is 0 Å². The molecule has 1 aromatic rings. The Kier molecular flexibility index (Phi) is 2.68. The molecule has 0 saturated heterocycles. The molecule has 3 nitrogen and oxygen atoms in total. The lowest BCUT2D eigenvalue weighted by atomic mass is 10.3. The second-order valence-electron chi connectivity index (χ2n) is 2.85. The average Bonchev–Trinajstić information content (AvgIpc) is 2.30. The van der Waals surface area contributed by atoms with E-state index in [1.54, 1.807) is 4.68 Å². The second-order valence-corrected chi connectivity index (χ2v) is 2.85. The lowest BCUT2D eigenvalue weighted by molar-refractivity contribution is 0.431. The monoisotopic (exact) mass is 171 g/mol. The maximum absolute atomic E-state index is 11.8. The number of rotatable bonds is 3. The van der Waals surface area contributed by atoms with Crippen molar-refractivity contribution in [3.63, 3.8) is 0 Å². The van der Waals surface area contributed by atoms with E-state index in [0.717, 1.165) is 11.4 Å². The summed E-state index contributed by atoms with van der Waals surface area (Å²) in [5.41, 5.74) is 8.17. The van der Waals surface area contributed by atoms with Gasteiger partial charge in [-0.05, 0) is 20.3 Å². The summed E-state index contributed by atoms with van der Waals surface area (Å²) in [5, 5.41) is 4.17. The first-order valence-corrected chi connectivity index (χ1v) is 4.02. The molecular weight excluding hydrogens is 157 g/mol. The van der Waals surface area contributed by atoms with Crippen LogP contribution in [-0.4, -0.2) is 16.5 Å². The van der Waals surface area contributed by atoms with E-state index in [-0.39, 0.29) is 6.67 Å². The Morgan fingerprint density at radius 3 is 2.58 bits per heavy atom. The molecule has 68 valence electrons. The van der Waals surface area contributed by atoms with E-state index < -0.39 is 0 Å². The Bertz CT molecular complexity index is 268. The molecule has 12 heavy (non-hydrogen) atoms. The zero-order valence-corrected chi connectivity index (χ0v) is 7.47. The Morgan fingerprint density at radius 2 is 2.17 bits per heavy atom. The largest absolute Gasteiger partial charge is 0.396 e. The summed E-state index contributed by atoms with van der Waals surface area (Å²) in [6, 6.07) is 0. The van der Waals surface area contributed by atoms with Gasteiger partial charge in [0.25, 0.3) is 0 Å². The highest BCUT2D eigenvalue weighted by atomic mass is 19.1. The smallest absolute Gasteiger partial charge is 0.0912 e. The highest BCUT2D eigenvalue weighted by Gasteiger charge is 2.06. The molecular formula is C8H14FN3. The fourth-order valence-corrected chi connectivity index (χ4v) is 1.14. The second kappa shape index (κ2) is 3.56. The van der Waals surface area contributed by atoms with Crippen LogP contribution in [0.25, 0.3) is 0 Å². The van der Waals surface area contributed by atoms with Crippen molar-refractivity contribution in [2.24, 2.45) is 0 Å². The summed E-state index contributed by atoms with van der Waals surface area (Å²) >= 11 is 0. The minimum Gasteiger partial charge on any atom is -0.396 e. The van der Waals surface area contributed by atoms with Gasteiger partial charge in [-0.25, -0.2) is 0 Å². The SMILES string of the molecule is Cc1nn(CCCF)c(C)c1N. The van der Waals surface area contributed by atoms with Crippen LogP contribution in [0, 0.1) is 13.8 Å². The van der Waals surface area contributed by atoms with Crippen molar-refractivity contribution in [2.45, 2.75) is 26.8 Å². The molecule has 1 heterocycles. The number of nitrogens with zero attached hydrogens (tertiary/aromatic N) is 2. The summed E-state index contributed by atoms with van der Waals surface area (Å²) in [6.45, 7) is 4.06. The molecule has 0 saturated carbocycles. The van der Waals surface area contributed by atoms with Crippen LogP contribution < -0.4 is 5.73 Å². The molecule has 0 bridgehead atoms. The van der Waals surface area contributed by atoms with Crippen LogP contribution in [0.4, 0.5) is 10.1 Å². The van der Waals surface area contributed by atoms with Crippen LogP contribution in [-0.2, 0) is 6.54 Å². The number of halogens is 1. The normalized spacial score (nSPS) is 10.6. The van der Waals surface area contributed by atoms with Crippen LogP contribution in [0.3, 0.4) is 0 Å². The van der Waals surface area contributed by atoms with E-state index in [4.69, 9.17) is 5.73 Å². The maximum Gasteiger partial charge on any atom is 0.0912 e. The minimum absolute atomic E-state index is 0.307. The molecule has 0 unspecified atom stereocenters. The van der Waals surface area contributed by atoms with Crippen molar-refractivity contribution >= 4 is 5.69 Å². The van der Waals surface area contributed by atoms with Crippen LogP contribution >= 0.6 is 0 Å². The van der Waals surface area contributed by atoms with E-state index in [9.17, 15) is 4.39 Å². The van der Waals surface area contributed by atoms with Crippen molar-refractivity contribution < 1.29 is 4.39 Å². The van der Waals surface area contributed by atoms with Gasteiger partial charge in [0.05, 0.1) is 23.7 Å². The Labute approximate surface area is 71.4 Å². The van der Waals surface area contributed by atoms with Crippen molar-refractivity contribution in [2.75, 3.05) is 12.4 Å². The number of hydrogen-bond acceptors (Lipinski definition) is 2. The molecule has 1 aromatic heterocycles. The molecule has 0 radical (unpaired) electrons. The summed E-state index contributed by atoms with van der Waals surface area (Å²) in [7, 11) is 0. The van der Waals surface area contributed by atoms with Gasteiger partial charge in [-0.15, -0.1) is 0 Å². The third-order valence-corrected chi connectivity index (χ3v) is 1.94. The van der Waals surface area contributed by atoms with Gasteiger partial charge in [-0.2, -0.15) is 5.10 Å². The number of nitrogens with two attached hydrogens (primary N) is 1. The number of alkyl halides is 1. The van der Waals surface area contributed by atoms with Gasteiger partial charge in [-0.1, -0.05) is 0 Å². The fraction of sp³-hybridized carbons (Fsp3) is 0.625. The van der Waals surface area contributed by atoms with Gasteiger partial charge in [-0.3, -0.25) is 9.07 Å². The first kappa shape index (κ1) is 9.03. The topological polar surface area (TPSA) is 43.8 Å². The molecule has 2 N–H and O–H groups in total. The van der Waals surface area contributed by atoms with Crippen molar-refractivity contribution in [3.8, 4) is 0 Å². The number of nitrogen functional groups attached to an aromatic ring is 1. The maximum atomic E-state index is 11.8. The number of aryl methyl sites for hydroxylation is 2. The summed E-state index contributed by atoms with van der Waals surface area (Å²) in [5.74, 6) is 0. The molecule has 0 aliphatic carbocycles. The van der Waals surface area contributed by atoms with E-state index in [2.05, 4.69) is 5.10 Å². The van der Waals surface area contributed by atoms with Gasteiger partial charge in [0.2, 0.25) is 0 Å². The number of hydrogen-bond donors (Lipinski definition) is 1. The van der Waals surface area contributed by atoms with Crippen molar-refractivity contribution in [1.29, 1.82) is 0 Å². The van der Waals surface area contributed by atoms with E-state index >= 15 is 0 Å². The van der Waals surface area contributed by atoms with Gasteiger partial charge in [0, 0.05) is 6.54 Å². The van der Waals surface area contributed by atoms with Crippen LogP contribution in [0.15, 0.2) is 0 Å². The highest BCUT2D eigenvalue weighted by Crippen LogP contribution is 2.14. The minimum atomic E-state index is -0.307. The lowest BCUT2D eigenvalue weighted by Gasteiger charge is -2.00. The van der Waals surface area contributed by atoms with Crippen LogP contribution in [0.1, 0.15) is 17.8 Å². The Balaban J connectivity index is 2.79. The molecule has 0 fully saturated rings. The van der Waals surface area contributed by atoms with E-state index in [1.807, 2.05) is 13.8 Å². The predicted octanol–water partition coefficient (Wildman–Crippen LogP) is 1.44. The molecule has 0 aromatic carbocycles. The molecule has 0 atom stereocenters. The average molecular weight is 171 g/mol. The molecule has 0 aliphatic rings. The third-order valence-electron chi connectivity index (χ3n) is 1.94. The van der Waals surface area contributed by atoms with Crippen molar-refractivity contribution in [1.82, 2.24) is 9.78 Å². The quantitative estimate of drug-likeness (QED) is 0.747. The molecule has 0 spiro atoms. The Morgan fingerprint density at radius 1 is 1.50 bits per heavy atom. The summed E-state index contributed by atoms with van der Waals surface area (Å²) in [4.78, 5) is 0.